The highest BCUT2D eigenvalue weighted by atomic mass is 16.2. The highest BCUT2D eigenvalue weighted by molar-refractivity contribution is 5.94. The van der Waals surface area contributed by atoms with Crippen molar-refractivity contribution in [1.29, 1.82) is 0 Å². The molecule has 0 saturated carbocycles. The van der Waals surface area contributed by atoms with Crippen molar-refractivity contribution in [3.63, 3.8) is 0 Å². The molecule has 0 saturated heterocycles. The molecule has 1 unspecified atom stereocenters. The van der Waals surface area contributed by atoms with E-state index in [4.69, 9.17) is 0 Å². The Kier molecular flexibility index (Phi) is 3.12. The van der Waals surface area contributed by atoms with Gasteiger partial charge in [0.2, 0.25) is 5.91 Å². The topological polar surface area (TPSA) is 20.3 Å². The Morgan fingerprint density at radius 1 is 1.62 bits per heavy atom. The maximum atomic E-state index is 11.8. The number of amides is 1. The first-order chi connectivity index (χ1) is 6.06. The molecule has 1 amide bonds. The van der Waals surface area contributed by atoms with Crippen molar-refractivity contribution in [3.8, 4) is 0 Å². The summed E-state index contributed by atoms with van der Waals surface area (Å²) in [5.41, 5.74) is 0.987. The molecule has 0 bridgehead atoms. The van der Waals surface area contributed by atoms with E-state index in [2.05, 4.69) is 26.8 Å². The Hall–Kier alpha value is -0.790. The van der Waals surface area contributed by atoms with Crippen LogP contribution in [-0.2, 0) is 4.79 Å². The lowest BCUT2D eigenvalue weighted by Gasteiger charge is -2.30. The number of carbonyl (C=O) groups is 1. The van der Waals surface area contributed by atoms with Crippen LogP contribution >= 0.6 is 0 Å². The summed E-state index contributed by atoms with van der Waals surface area (Å²) >= 11 is 0. The van der Waals surface area contributed by atoms with Crippen molar-refractivity contribution >= 4 is 5.91 Å². The van der Waals surface area contributed by atoms with Gasteiger partial charge in [-0.3, -0.25) is 4.79 Å². The van der Waals surface area contributed by atoms with Gasteiger partial charge in [-0.1, -0.05) is 26.8 Å². The zero-order valence-corrected chi connectivity index (χ0v) is 9.00. The molecular formula is C11H19NO. The molecule has 0 aliphatic carbocycles. The number of likely N-dealkylation sites (N-methyl/N-ethyl adjacent to an activating group) is 1. The molecule has 1 aliphatic heterocycles. The fourth-order valence-corrected chi connectivity index (χ4v) is 1.76. The lowest BCUT2D eigenvalue weighted by atomic mass is 9.93. The molecule has 1 heterocycles. The van der Waals surface area contributed by atoms with E-state index in [1.165, 1.54) is 0 Å². The zero-order chi connectivity index (χ0) is 10.0. The number of hydrogen-bond acceptors (Lipinski definition) is 1. The van der Waals surface area contributed by atoms with Crippen molar-refractivity contribution in [3.05, 3.63) is 11.6 Å². The monoisotopic (exact) mass is 181 g/mol. The maximum absolute atomic E-state index is 11.8. The summed E-state index contributed by atoms with van der Waals surface area (Å²) in [6, 6.07) is 0. The average molecular weight is 181 g/mol. The normalized spacial score (nSPS) is 23.8. The fourth-order valence-electron chi connectivity index (χ4n) is 1.76. The summed E-state index contributed by atoms with van der Waals surface area (Å²) in [7, 11) is 0. The van der Waals surface area contributed by atoms with E-state index < -0.39 is 0 Å². The van der Waals surface area contributed by atoms with E-state index in [1.807, 2.05) is 11.8 Å². The van der Waals surface area contributed by atoms with Crippen molar-refractivity contribution in [2.24, 2.45) is 11.8 Å². The largest absolute Gasteiger partial charge is 0.339 e. The van der Waals surface area contributed by atoms with Crippen molar-refractivity contribution in [2.45, 2.75) is 27.7 Å². The van der Waals surface area contributed by atoms with Gasteiger partial charge in [-0.15, -0.1) is 0 Å². The van der Waals surface area contributed by atoms with E-state index in [-0.39, 0.29) is 5.91 Å². The summed E-state index contributed by atoms with van der Waals surface area (Å²) in [4.78, 5) is 13.7. The highest BCUT2D eigenvalue weighted by Crippen LogP contribution is 2.21. The second kappa shape index (κ2) is 3.95. The van der Waals surface area contributed by atoms with Gasteiger partial charge in [-0.2, -0.15) is 0 Å². The quantitative estimate of drug-likeness (QED) is 0.638. The lowest BCUT2D eigenvalue weighted by molar-refractivity contribution is -0.128. The van der Waals surface area contributed by atoms with Crippen molar-refractivity contribution in [1.82, 2.24) is 4.90 Å². The highest BCUT2D eigenvalue weighted by Gasteiger charge is 2.25. The Bertz CT molecular complexity index is 230. The molecule has 1 atom stereocenters. The van der Waals surface area contributed by atoms with E-state index in [0.29, 0.717) is 11.8 Å². The third kappa shape index (κ3) is 2.11. The Balaban J connectivity index is 2.87. The van der Waals surface area contributed by atoms with E-state index in [0.717, 1.165) is 18.7 Å². The third-order valence-electron chi connectivity index (χ3n) is 2.51. The summed E-state index contributed by atoms with van der Waals surface area (Å²) < 4.78 is 0. The van der Waals surface area contributed by atoms with Gasteiger partial charge in [-0.05, 0) is 18.8 Å². The minimum atomic E-state index is 0.232. The first kappa shape index (κ1) is 10.3. The number of hydrogen-bond donors (Lipinski definition) is 0. The van der Waals surface area contributed by atoms with Crippen LogP contribution in [0.25, 0.3) is 0 Å². The van der Waals surface area contributed by atoms with Crippen LogP contribution in [0.15, 0.2) is 11.6 Å². The average Bonchev–Trinajstić information content (AvgIpc) is 2.08. The van der Waals surface area contributed by atoms with Gasteiger partial charge < -0.3 is 4.90 Å². The Morgan fingerprint density at radius 2 is 2.23 bits per heavy atom. The molecule has 0 spiro atoms. The summed E-state index contributed by atoms with van der Waals surface area (Å²) in [5.74, 6) is 1.09. The molecule has 74 valence electrons. The molecule has 13 heavy (non-hydrogen) atoms. The predicted octanol–water partition coefficient (Wildman–Crippen LogP) is 2.07. The van der Waals surface area contributed by atoms with Gasteiger partial charge in [0.15, 0.2) is 0 Å². The predicted molar refractivity (Wildman–Crippen MR) is 54.3 cm³/mol. The van der Waals surface area contributed by atoms with Gasteiger partial charge in [0.25, 0.3) is 0 Å². The summed E-state index contributed by atoms with van der Waals surface area (Å²) in [6.45, 7) is 10.1. The minimum Gasteiger partial charge on any atom is -0.339 e. The van der Waals surface area contributed by atoms with E-state index >= 15 is 0 Å². The lowest BCUT2D eigenvalue weighted by Crippen LogP contribution is -2.39. The van der Waals surface area contributed by atoms with Gasteiger partial charge >= 0.3 is 0 Å². The van der Waals surface area contributed by atoms with Crippen LogP contribution in [-0.4, -0.2) is 23.9 Å². The number of rotatable bonds is 2. The second-order valence-electron chi connectivity index (χ2n) is 4.10. The molecule has 2 heteroatoms. The zero-order valence-electron chi connectivity index (χ0n) is 9.00. The second-order valence-corrected chi connectivity index (χ2v) is 4.10. The maximum Gasteiger partial charge on any atom is 0.249 e. The summed E-state index contributed by atoms with van der Waals surface area (Å²) in [5, 5.41) is 0. The number of nitrogens with zero attached hydrogens (tertiary/aromatic N) is 1. The minimum absolute atomic E-state index is 0.232. The molecule has 1 aliphatic rings. The van der Waals surface area contributed by atoms with Crippen LogP contribution in [0.5, 0.6) is 0 Å². The smallest absolute Gasteiger partial charge is 0.249 e. The Morgan fingerprint density at radius 3 is 2.69 bits per heavy atom. The van der Waals surface area contributed by atoms with Crippen molar-refractivity contribution < 1.29 is 4.79 Å². The third-order valence-corrected chi connectivity index (χ3v) is 2.51. The van der Waals surface area contributed by atoms with Gasteiger partial charge in [-0.25, -0.2) is 0 Å². The molecule has 1 rings (SSSR count). The van der Waals surface area contributed by atoms with Crippen molar-refractivity contribution in [2.75, 3.05) is 13.1 Å². The van der Waals surface area contributed by atoms with Crippen LogP contribution in [0.4, 0.5) is 0 Å². The van der Waals surface area contributed by atoms with E-state index in [1.54, 1.807) is 0 Å². The molecule has 0 radical (unpaired) electrons. The molecular weight excluding hydrogens is 162 g/mol. The molecule has 0 N–H and O–H groups in total. The molecule has 0 aromatic heterocycles. The molecule has 2 nitrogen and oxygen atoms in total. The SMILES string of the molecule is CCN1CC(C)C=C(C(C)C)C1=O. The fraction of sp³-hybridized carbons (Fsp3) is 0.727. The first-order valence-corrected chi connectivity index (χ1v) is 5.07. The van der Waals surface area contributed by atoms with Crippen LogP contribution in [0.2, 0.25) is 0 Å². The van der Waals surface area contributed by atoms with E-state index in [9.17, 15) is 4.79 Å². The Labute approximate surface area is 80.6 Å². The van der Waals surface area contributed by atoms with Gasteiger partial charge in [0.1, 0.15) is 0 Å². The molecule has 0 fully saturated rings. The molecule has 0 aromatic rings. The van der Waals surface area contributed by atoms with Gasteiger partial charge in [0, 0.05) is 18.7 Å². The van der Waals surface area contributed by atoms with Crippen LogP contribution in [0.3, 0.4) is 0 Å². The summed E-state index contributed by atoms with van der Waals surface area (Å²) in [6.07, 6.45) is 2.12. The first-order valence-electron chi connectivity index (χ1n) is 5.07. The van der Waals surface area contributed by atoms with Crippen LogP contribution in [0.1, 0.15) is 27.7 Å². The van der Waals surface area contributed by atoms with Crippen LogP contribution in [0, 0.1) is 11.8 Å². The van der Waals surface area contributed by atoms with Crippen LogP contribution < -0.4 is 0 Å². The standard InChI is InChI=1S/C11H19NO/c1-5-12-7-9(4)6-10(8(2)3)11(12)13/h6,8-9H,5,7H2,1-4H3. The number of carbonyl (C=O) groups excluding carboxylic acids is 1. The van der Waals surface area contributed by atoms with Gasteiger partial charge in [0.05, 0.1) is 0 Å². The molecule has 0 aromatic carbocycles.